The predicted octanol–water partition coefficient (Wildman–Crippen LogP) is 1.80. The maximum absolute atomic E-state index is 11.9. The Balaban J connectivity index is 0.00000120. The average Bonchev–Trinajstić information content (AvgIpc) is 2.67. The van der Waals surface area contributed by atoms with Crippen molar-refractivity contribution in [3.8, 4) is 0 Å². The van der Waals surface area contributed by atoms with Crippen LogP contribution in [0.15, 0.2) is 24.3 Å². The van der Waals surface area contributed by atoms with Gasteiger partial charge < -0.3 is 10.7 Å². The van der Waals surface area contributed by atoms with E-state index >= 15 is 0 Å². The van der Waals surface area contributed by atoms with Crippen LogP contribution in [-0.2, 0) is 4.79 Å². The summed E-state index contributed by atoms with van der Waals surface area (Å²) < 4.78 is 0. The Bertz CT molecular complexity index is 543. The third-order valence-electron chi connectivity index (χ3n) is 3.32. The molecule has 0 bridgehead atoms. The number of halogens is 1. The Kier molecular flexibility index (Phi) is 3.28. The fraction of sp³-hybridized carbons (Fsp3) is 0.333. The van der Waals surface area contributed by atoms with Gasteiger partial charge in [-0.15, -0.1) is 12.4 Å². The minimum absolute atomic E-state index is 0. The highest BCUT2D eigenvalue weighted by Crippen LogP contribution is 2.30. The number of anilines is 1. The number of nitrogens with one attached hydrogen (secondary N) is 2. The molecule has 0 radical (unpaired) electrons. The summed E-state index contributed by atoms with van der Waals surface area (Å²) in [5, 5.41) is 2.74. The highest BCUT2D eigenvalue weighted by molar-refractivity contribution is 5.98. The molecule has 1 fully saturated rings. The first-order valence-electron chi connectivity index (χ1n) is 5.72. The number of amides is 1. The van der Waals surface area contributed by atoms with Crippen LogP contribution < -0.4 is 11.1 Å². The van der Waals surface area contributed by atoms with Gasteiger partial charge in [0.05, 0.1) is 16.6 Å². The van der Waals surface area contributed by atoms with E-state index in [1.807, 2.05) is 24.3 Å². The van der Waals surface area contributed by atoms with E-state index in [4.69, 9.17) is 5.73 Å². The second kappa shape index (κ2) is 4.59. The molecule has 1 aromatic carbocycles. The van der Waals surface area contributed by atoms with Crippen LogP contribution in [0.25, 0.3) is 11.0 Å². The van der Waals surface area contributed by atoms with Crippen molar-refractivity contribution in [3.63, 3.8) is 0 Å². The van der Waals surface area contributed by atoms with E-state index in [0.717, 1.165) is 30.3 Å². The molecule has 1 aromatic heterocycles. The number of hydrogen-bond donors (Lipinski definition) is 3. The maximum atomic E-state index is 11.9. The second-order valence-electron chi connectivity index (χ2n) is 4.57. The van der Waals surface area contributed by atoms with Gasteiger partial charge in [-0.05, 0) is 31.4 Å². The van der Waals surface area contributed by atoms with E-state index in [1.165, 1.54) is 0 Å². The highest BCUT2D eigenvalue weighted by Gasteiger charge is 2.40. The maximum Gasteiger partial charge on any atom is 0.246 e. The Labute approximate surface area is 111 Å². The summed E-state index contributed by atoms with van der Waals surface area (Å²) in [5.74, 6) is 0.315. The summed E-state index contributed by atoms with van der Waals surface area (Å²) in [4.78, 5) is 19.2. The van der Waals surface area contributed by atoms with Crippen molar-refractivity contribution in [1.29, 1.82) is 0 Å². The number of nitrogens with two attached hydrogens (primary N) is 1. The van der Waals surface area contributed by atoms with Gasteiger partial charge in [0.2, 0.25) is 11.9 Å². The molecule has 1 aliphatic carbocycles. The Hall–Kier alpha value is -1.59. The predicted molar refractivity (Wildman–Crippen MR) is 72.7 cm³/mol. The number of benzene rings is 1. The van der Waals surface area contributed by atoms with Crippen LogP contribution in [0.2, 0.25) is 0 Å². The van der Waals surface area contributed by atoms with E-state index in [-0.39, 0.29) is 18.3 Å². The van der Waals surface area contributed by atoms with Gasteiger partial charge in [0.1, 0.15) is 0 Å². The van der Waals surface area contributed by atoms with Crippen LogP contribution in [0, 0.1) is 0 Å². The molecule has 2 aromatic rings. The lowest BCUT2D eigenvalue weighted by atomic mass is 9.77. The minimum atomic E-state index is -0.695. The van der Waals surface area contributed by atoms with Crippen molar-refractivity contribution >= 4 is 35.3 Å². The van der Waals surface area contributed by atoms with Crippen molar-refractivity contribution in [2.24, 2.45) is 5.73 Å². The van der Waals surface area contributed by atoms with Crippen LogP contribution in [0.4, 0.5) is 5.95 Å². The lowest BCUT2D eigenvalue weighted by molar-refractivity contribution is -0.123. The number of rotatable bonds is 2. The van der Waals surface area contributed by atoms with Crippen LogP contribution >= 0.6 is 12.4 Å². The molecule has 4 N–H and O–H groups in total. The smallest absolute Gasteiger partial charge is 0.246 e. The van der Waals surface area contributed by atoms with E-state index in [9.17, 15) is 4.79 Å². The van der Waals surface area contributed by atoms with Gasteiger partial charge in [0.25, 0.3) is 0 Å². The summed E-state index contributed by atoms with van der Waals surface area (Å²) in [6, 6.07) is 7.64. The zero-order valence-electron chi connectivity index (χ0n) is 9.77. The molecule has 6 heteroatoms. The zero-order chi connectivity index (χ0) is 11.9. The Morgan fingerprint density at radius 3 is 2.72 bits per heavy atom. The molecule has 5 nitrogen and oxygen atoms in total. The molecule has 0 aliphatic heterocycles. The van der Waals surface area contributed by atoms with Crippen molar-refractivity contribution < 1.29 is 4.79 Å². The lowest BCUT2D eigenvalue weighted by Crippen LogP contribution is -2.56. The fourth-order valence-corrected chi connectivity index (χ4v) is 2.03. The fourth-order valence-electron chi connectivity index (χ4n) is 2.03. The van der Waals surface area contributed by atoms with Crippen molar-refractivity contribution in [2.45, 2.75) is 24.8 Å². The molecule has 0 atom stereocenters. The molecule has 1 saturated carbocycles. The second-order valence-corrected chi connectivity index (χ2v) is 4.57. The molecule has 0 unspecified atom stereocenters. The largest absolute Gasteiger partial charge is 0.324 e. The van der Waals surface area contributed by atoms with E-state index in [2.05, 4.69) is 15.3 Å². The molecule has 1 aliphatic rings. The van der Waals surface area contributed by atoms with Gasteiger partial charge in [0.15, 0.2) is 0 Å². The van der Waals surface area contributed by atoms with E-state index in [0.29, 0.717) is 5.95 Å². The third-order valence-corrected chi connectivity index (χ3v) is 3.32. The quantitative estimate of drug-likeness (QED) is 0.775. The summed E-state index contributed by atoms with van der Waals surface area (Å²) in [6.45, 7) is 0. The van der Waals surface area contributed by atoms with Crippen molar-refractivity contribution in [3.05, 3.63) is 24.3 Å². The first-order valence-corrected chi connectivity index (χ1v) is 5.72. The number of carbonyl (C=O) groups excluding carboxylic acids is 1. The number of nitrogens with zero attached hydrogens (tertiary/aromatic N) is 1. The number of H-pyrrole nitrogens is 1. The molecular weight excluding hydrogens is 252 g/mol. The summed E-state index contributed by atoms with van der Waals surface area (Å²) in [5.41, 5.74) is 6.98. The summed E-state index contributed by atoms with van der Waals surface area (Å²) in [7, 11) is 0. The Morgan fingerprint density at radius 1 is 1.39 bits per heavy atom. The standard InChI is InChI=1S/C12H14N4O.ClH/c13-12(6-3-7-12)10(17)16-11-14-8-4-1-2-5-9(8)15-11;/h1-2,4-5H,3,6-7,13H2,(H2,14,15,16,17);1H. The first kappa shape index (κ1) is 12.9. The van der Waals surface area contributed by atoms with E-state index < -0.39 is 5.54 Å². The van der Waals surface area contributed by atoms with Gasteiger partial charge >= 0.3 is 0 Å². The van der Waals surface area contributed by atoms with Crippen LogP contribution in [-0.4, -0.2) is 21.4 Å². The molecule has 3 rings (SSSR count). The SMILES string of the molecule is Cl.NC1(C(=O)Nc2nc3ccccc3[nH]2)CCC1. The number of aromatic amines is 1. The molecule has 18 heavy (non-hydrogen) atoms. The third kappa shape index (κ3) is 2.07. The number of fused-ring (bicyclic) bond motifs is 1. The molecule has 0 spiro atoms. The van der Waals surface area contributed by atoms with Gasteiger partial charge in [0, 0.05) is 0 Å². The van der Waals surface area contributed by atoms with Crippen molar-refractivity contribution in [1.82, 2.24) is 9.97 Å². The van der Waals surface area contributed by atoms with Crippen LogP contribution in [0.1, 0.15) is 19.3 Å². The Morgan fingerprint density at radius 2 is 2.11 bits per heavy atom. The lowest BCUT2D eigenvalue weighted by Gasteiger charge is -2.35. The average molecular weight is 267 g/mol. The van der Waals surface area contributed by atoms with Crippen molar-refractivity contribution in [2.75, 3.05) is 5.32 Å². The number of imidazole rings is 1. The number of para-hydroxylation sites is 2. The van der Waals surface area contributed by atoms with Crippen LogP contribution in [0.5, 0.6) is 0 Å². The van der Waals surface area contributed by atoms with Gasteiger partial charge in [-0.1, -0.05) is 12.1 Å². The monoisotopic (exact) mass is 266 g/mol. The number of hydrogen-bond acceptors (Lipinski definition) is 3. The molecule has 0 saturated heterocycles. The van der Waals surface area contributed by atoms with Crippen LogP contribution in [0.3, 0.4) is 0 Å². The topological polar surface area (TPSA) is 83.8 Å². The minimum Gasteiger partial charge on any atom is -0.324 e. The first-order chi connectivity index (χ1) is 8.17. The number of aromatic nitrogens is 2. The van der Waals surface area contributed by atoms with Gasteiger partial charge in [-0.25, -0.2) is 4.98 Å². The van der Waals surface area contributed by atoms with E-state index in [1.54, 1.807) is 0 Å². The molecule has 1 heterocycles. The summed E-state index contributed by atoms with van der Waals surface area (Å²) >= 11 is 0. The summed E-state index contributed by atoms with van der Waals surface area (Å²) in [6.07, 6.45) is 2.52. The number of carbonyl (C=O) groups is 1. The zero-order valence-corrected chi connectivity index (χ0v) is 10.6. The van der Waals surface area contributed by atoms with Gasteiger partial charge in [-0.2, -0.15) is 0 Å². The molecule has 96 valence electrons. The highest BCUT2D eigenvalue weighted by atomic mass is 35.5. The normalized spacial score (nSPS) is 16.7. The molecular formula is C12H15ClN4O. The van der Waals surface area contributed by atoms with Gasteiger partial charge in [-0.3, -0.25) is 10.1 Å². The molecule has 1 amide bonds.